The molecule has 0 aromatic heterocycles. The van der Waals surface area contributed by atoms with Gasteiger partial charge in [-0.25, -0.2) is 0 Å². The fraction of sp³-hybridized carbons (Fsp3) is 0.333. The van der Waals surface area contributed by atoms with Crippen LogP contribution in [0.2, 0.25) is 36.3 Å². The van der Waals surface area contributed by atoms with Crippen LogP contribution in [0.1, 0.15) is 48.0 Å². The molecule has 0 fully saturated rings. The maximum absolute atomic E-state index is 2.54. The summed E-state index contributed by atoms with van der Waals surface area (Å²) in [6.45, 7) is 14.4. The van der Waals surface area contributed by atoms with E-state index in [1.807, 2.05) is 0 Å². The second-order valence-electron chi connectivity index (χ2n) is 12.5. The lowest BCUT2D eigenvalue weighted by atomic mass is 9.92. The van der Waals surface area contributed by atoms with Crippen LogP contribution in [0.3, 0.4) is 0 Å². The van der Waals surface area contributed by atoms with Crippen molar-refractivity contribution in [2.75, 3.05) is 0 Å². The van der Waals surface area contributed by atoms with E-state index in [0.29, 0.717) is 0 Å². The first-order valence-corrected chi connectivity index (χ1v) is 21.5. The van der Waals surface area contributed by atoms with Crippen molar-refractivity contribution in [3.8, 4) is 0 Å². The molecular formula is C39H46Si2. The highest BCUT2D eigenvalue weighted by Gasteiger charge is 2.31. The number of hydrogen-bond acceptors (Lipinski definition) is 0. The number of fused-ring (bicyclic) bond motifs is 9. The van der Waals surface area contributed by atoms with Crippen molar-refractivity contribution in [1.29, 1.82) is 0 Å². The average Bonchev–Trinajstić information content (AvgIpc) is 3.03. The summed E-state index contributed by atoms with van der Waals surface area (Å²) in [4.78, 5) is 0. The van der Waals surface area contributed by atoms with Gasteiger partial charge in [-0.2, -0.15) is 0 Å². The fourth-order valence-electron chi connectivity index (χ4n) is 8.18. The number of benzene rings is 6. The highest BCUT2D eigenvalue weighted by Crippen LogP contribution is 2.37. The predicted octanol–water partition coefficient (Wildman–Crippen LogP) is 11.3. The van der Waals surface area contributed by atoms with Crippen LogP contribution in [0.5, 0.6) is 0 Å². The summed E-state index contributed by atoms with van der Waals surface area (Å²) in [5, 5.41) is 17.1. The van der Waals surface area contributed by atoms with Crippen LogP contribution in [0.4, 0.5) is 0 Å². The summed E-state index contributed by atoms with van der Waals surface area (Å²) in [5.74, 6) is 0. The van der Waals surface area contributed by atoms with Crippen LogP contribution < -0.4 is 10.4 Å². The van der Waals surface area contributed by atoms with Gasteiger partial charge in [-0.15, -0.1) is 0 Å². The Hall–Kier alpha value is -2.95. The van der Waals surface area contributed by atoms with Crippen molar-refractivity contribution >= 4 is 80.4 Å². The molecule has 0 heterocycles. The van der Waals surface area contributed by atoms with Gasteiger partial charge < -0.3 is 0 Å². The third-order valence-corrected chi connectivity index (χ3v) is 22.5. The first-order chi connectivity index (χ1) is 20.0. The SMILES string of the molecule is CCC[Si](CC)(CC)c1ccc2c(ccc3c2ccc2c4ccc5cc([Si](CC)(CC)CC)ccc5c4ccc32)c1. The predicted molar refractivity (Wildman–Crippen MR) is 192 cm³/mol. The van der Waals surface area contributed by atoms with E-state index < -0.39 is 16.1 Å². The summed E-state index contributed by atoms with van der Waals surface area (Å²) in [6, 6.07) is 41.9. The van der Waals surface area contributed by atoms with Gasteiger partial charge in [0.2, 0.25) is 0 Å². The van der Waals surface area contributed by atoms with Crippen molar-refractivity contribution in [2.24, 2.45) is 0 Å². The lowest BCUT2D eigenvalue weighted by Gasteiger charge is -2.30. The van der Waals surface area contributed by atoms with Crippen molar-refractivity contribution in [3.05, 3.63) is 84.9 Å². The average molecular weight is 571 g/mol. The van der Waals surface area contributed by atoms with Crippen LogP contribution in [-0.2, 0) is 0 Å². The third kappa shape index (κ3) is 4.37. The van der Waals surface area contributed by atoms with Gasteiger partial charge in [-0.3, -0.25) is 0 Å². The van der Waals surface area contributed by atoms with Crippen LogP contribution in [0.25, 0.3) is 53.9 Å². The standard InChI is InChI=1S/C39H46Si2/c1-7-25-41(11-5,12-6)31-16-20-33-29(27-31)14-18-37-35(33)22-24-38-36-17-13-28-26-30(40(8-2,9-3)10-4)15-19-32(28)34(36)21-23-39(37)38/h13-24,26-27H,7-12,25H2,1-6H3. The van der Waals surface area contributed by atoms with Gasteiger partial charge in [0.1, 0.15) is 0 Å². The normalized spacial score (nSPS) is 12.8. The highest BCUT2D eigenvalue weighted by molar-refractivity contribution is 6.92. The Kier molecular flexibility index (Phi) is 7.59. The monoisotopic (exact) mass is 570 g/mol. The Bertz CT molecular complexity index is 1880. The molecular weight excluding hydrogens is 525 g/mol. The molecule has 0 bridgehead atoms. The summed E-state index contributed by atoms with van der Waals surface area (Å²) in [5.41, 5.74) is 0. The minimum atomic E-state index is -1.42. The lowest BCUT2D eigenvalue weighted by molar-refractivity contribution is 1.02. The molecule has 0 nitrogen and oxygen atoms in total. The van der Waals surface area contributed by atoms with Gasteiger partial charge >= 0.3 is 0 Å². The van der Waals surface area contributed by atoms with E-state index in [9.17, 15) is 0 Å². The molecule has 0 spiro atoms. The Balaban J connectivity index is 1.51. The molecule has 0 unspecified atom stereocenters. The molecule has 0 aliphatic carbocycles. The van der Waals surface area contributed by atoms with E-state index in [1.165, 1.54) is 96.5 Å². The van der Waals surface area contributed by atoms with E-state index >= 15 is 0 Å². The molecule has 0 aliphatic rings. The molecule has 0 N–H and O–H groups in total. The van der Waals surface area contributed by atoms with Crippen molar-refractivity contribution < 1.29 is 0 Å². The zero-order chi connectivity index (χ0) is 28.8. The van der Waals surface area contributed by atoms with Gasteiger partial charge in [-0.05, 0) is 53.9 Å². The third-order valence-electron chi connectivity index (χ3n) is 11.2. The molecule has 0 amide bonds. The van der Waals surface area contributed by atoms with Gasteiger partial charge in [0, 0.05) is 0 Å². The van der Waals surface area contributed by atoms with E-state index in [4.69, 9.17) is 0 Å². The zero-order valence-electron chi connectivity index (χ0n) is 26.0. The minimum absolute atomic E-state index is 1.29. The largest absolute Gasteiger partial charge is 0.0862 e. The van der Waals surface area contributed by atoms with Crippen LogP contribution >= 0.6 is 0 Å². The molecule has 2 heteroatoms. The maximum Gasteiger partial charge on any atom is 0.0862 e. The molecule has 6 rings (SSSR count). The molecule has 6 aromatic carbocycles. The van der Waals surface area contributed by atoms with Crippen molar-refractivity contribution in [1.82, 2.24) is 0 Å². The van der Waals surface area contributed by atoms with Crippen molar-refractivity contribution in [2.45, 2.75) is 84.2 Å². The van der Waals surface area contributed by atoms with Crippen LogP contribution in [-0.4, -0.2) is 16.1 Å². The van der Waals surface area contributed by atoms with Gasteiger partial charge in [-0.1, -0.05) is 180 Å². The van der Waals surface area contributed by atoms with Gasteiger partial charge in [0.15, 0.2) is 0 Å². The second kappa shape index (κ2) is 11.0. The fourth-order valence-corrected chi connectivity index (χ4v) is 16.0. The Morgan fingerprint density at radius 2 is 0.683 bits per heavy atom. The lowest BCUT2D eigenvalue weighted by Crippen LogP contribution is -2.46. The molecule has 0 saturated carbocycles. The molecule has 0 aliphatic heterocycles. The van der Waals surface area contributed by atoms with E-state index in [-0.39, 0.29) is 0 Å². The first kappa shape index (κ1) is 28.2. The molecule has 41 heavy (non-hydrogen) atoms. The van der Waals surface area contributed by atoms with E-state index in [1.54, 1.807) is 10.4 Å². The summed E-state index contributed by atoms with van der Waals surface area (Å²) in [6.07, 6.45) is 1.29. The smallest absolute Gasteiger partial charge is 0.0675 e. The van der Waals surface area contributed by atoms with Crippen LogP contribution in [0.15, 0.2) is 84.9 Å². The number of rotatable bonds is 9. The Morgan fingerprint density at radius 3 is 1.05 bits per heavy atom. The summed E-state index contributed by atoms with van der Waals surface area (Å²) in [7, 11) is -2.82. The quantitative estimate of drug-likeness (QED) is 0.120. The van der Waals surface area contributed by atoms with Gasteiger partial charge in [0.05, 0.1) is 16.1 Å². The highest BCUT2D eigenvalue weighted by atomic mass is 28.3. The second-order valence-corrected chi connectivity index (χ2v) is 22.8. The molecule has 0 saturated heterocycles. The maximum atomic E-state index is 2.54. The Morgan fingerprint density at radius 1 is 0.366 bits per heavy atom. The zero-order valence-corrected chi connectivity index (χ0v) is 28.0. The molecule has 0 radical (unpaired) electrons. The van der Waals surface area contributed by atoms with Crippen molar-refractivity contribution in [3.63, 3.8) is 0 Å². The summed E-state index contributed by atoms with van der Waals surface area (Å²) >= 11 is 0. The molecule has 6 aromatic rings. The van der Waals surface area contributed by atoms with E-state index in [2.05, 4.69) is 126 Å². The summed E-state index contributed by atoms with van der Waals surface area (Å²) < 4.78 is 0. The number of hydrogen-bond donors (Lipinski definition) is 0. The van der Waals surface area contributed by atoms with Crippen LogP contribution in [0, 0.1) is 0 Å². The minimum Gasteiger partial charge on any atom is -0.0675 e. The van der Waals surface area contributed by atoms with Gasteiger partial charge in [0.25, 0.3) is 0 Å². The van der Waals surface area contributed by atoms with E-state index in [0.717, 1.165) is 0 Å². The molecule has 0 atom stereocenters. The Labute approximate surface area is 248 Å². The molecule has 210 valence electrons. The first-order valence-electron chi connectivity index (χ1n) is 16.2. The topological polar surface area (TPSA) is 0 Å².